The molecule has 9 heavy (non-hydrogen) atoms. The van der Waals surface area contributed by atoms with E-state index in [4.69, 9.17) is 5.73 Å². The van der Waals surface area contributed by atoms with E-state index in [1.807, 2.05) is 6.92 Å². The van der Waals surface area contributed by atoms with E-state index in [-0.39, 0.29) is 6.04 Å². The van der Waals surface area contributed by atoms with Gasteiger partial charge in [-0.1, -0.05) is 32.4 Å². The van der Waals surface area contributed by atoms with E-state index in [0.717, 1.165) is 12.0 Å². The molecule has 1 nitrogen and oxygen atoms in total. The smallest absolute Gasteiger partial charge is 0.0274 e. The lowest BCUT2D eigenvalue weighted by atomic mass is 9.95. The summed E-state index contributed by atoms with van der Waals surface area (Å²) < 4.78 is 0. The average Bonchev–Trinajstić information content (AvgIpc) is 1.84. The van der Waals surface area contributed by atoms with Crippen LogP contribution in [0, 0.1) is 5.92 Å². The summed E-state index contributed by atoms with van der Waals surface area (Å²) in [5.74, 6) is 0.572. The molecule has 0 bridgehead atoms. The highest BCUT2D eigenvalue weighted by molar-refractivity contribution is 5.01. The number of hydrogen-bond donors (Lipinski definition) is 1. The van der Waals surface area contributed by atoms with Crippen LogP contribution < -0.4 is 5.73 Å². The zero-order chi connectivity index (χ0) is 7.44. The van der Waals surface area contributed by atoms with Crippen LogP contribution in [0.15, 0.2) is 12.2 Å². The Kier molecular flexibility index (Phi) is 3.55. The average molecular weight is 127 g/mol. The Morgan fingerprint density at radius 2 is 2.11 bits per heavy atom. The van der Waals surface area contributed by atoms with E-state index in [0.29, 0.717) is 5.92 Å². The molecule has 0 spiro atoms. The lowest BCUT2D eigenvalue weighted by molar-refractivity contribution is 0.487. The molecule has 0 aliphatic carbocycles. The van der Waals surface area contributed by atoms with Crippen molar-refractivity contribution in [2.24, 2.45) is 11.7 Å². The second-order valence-corrected chi connectivity index (χ2v) is 2.76. The largest absolute Gasteiger partial charge is 0.324 e. The van der Waals surface area contributed by atoms with Crippen LogP contribution in [0.2, 0.25) is 0 Å². The molecule has 0 rings (SSSR count). The molecule has 2 atom stereocenters. The van der Waals surface area contributed by atoms with Crippen molar-refractivity contribution in [3.8, 4) is 0 Å². The molecule has 0 saturated heterocycles. The van der Waals surface area contributed by atoms with Gasteiger partial charge in [0.25, 0.3) is 0 Å². The fourth-order valence-corrected chi connectivity index (χ4v) is 0.740. The SMILES string of the molecule is C=C(C)C(N)C(C)CC. The molecule has 54 valence electrons. The Balaban J connectivity index is 3.72. The minimum Gasteiger partial charge on any atom is -0.324 e. The van der Waals surface area contributed by atoms with Crippen molar-refractivity contribution in [3.05, 3.63) is 12.2 Å². The monoisotopic (exact) mass is 127 g/mol. The molecule has 0 radical (unpaired) electrons. The van der Waals surface area contributed by atoms with Crippen molar-refractivity contribution < 1.29 is 0 Å². The topological polar surface area (TPSA) is 26.0 Å². The van der Waals surface area contributed by atoms with Crippen molar-refractivity contribution in [3.63, 3.8) is 0 Å². The van der Waals surface area contributed by atoms with Crippen LogP contribution in [0.5, 0.6) is 0 Å². The molecule has 0 fully saturated rings. The second-order valence-electron chi connectivity index (χ2n) is 2.76. The maximum absolute atomic E-state index is 5.77. The number of rotatable bonds is 3. The van der Waals surface area contributed by atoms with Gasteiger partial charge in [0.15, 0.2) is 0 Å². The maximum atomic E-state index is 5.77. The molecule has 0 aliphatic heterocycles. The minimum atomic E-state index is 0.190. The van der Waals surface area contributed by atoms with Gasteiger partial charge in [-0.05, 0) is 12.8 Å². The standard InChI is InChI=1S/C8H17N/c1-5-7(4)8(9)6(2)3/h7-8H,2,5,9H2,1,3-4H3. The van der Waals surface area contributed by atoms with Gasteiger partial charge >= 0.3 is 0 Å². The lowest BCUT2D eigenvalue weighted by Gasteiger charge is -2.17. The van der Waals surface area contributed by atoms with E-state index < -0.39 is 0 Å². The van der Waals surface area contributed by atoms with Crippen molar-refractivity contribution in [1.29, 1.82) is 0 Å². The Bertz CT molecular complexity index is 96.7. The summed E-state index contributed by atoms with van der Waals surface area (Å²) in [4.78, 5) is 0. The first-order valence-corrected chi connectivity index (χ1v) is 3.50. The minimum absolute atomic E-state index is 0.190. The van der Waals surface area contributed by atoms with Crippen molar-refractivity contribution >= 4 is 0 Å². The molecule has 0 saturated carbocycles. The third-order valence-electron chi connectivity index (χ3n) is 1.83. The molecule has 2 unspecified atom stereocenters. The van der Waals surface area contributed by atoms with Gasteiger partial charge in [-0.25, -0.2) is 0 Å². The molecule has 2 N–H and O–H groups in total. The van der Waals surface area contributed by atoms with Crippen molar-refractivity contribution in [1.82, 2.24) is 0 Å². The fourth-order valence-electron chi connectivity index (χ4n) is 0.740. The van der Waals surface area contributed by atoms with Crippen LogP contribution in [-0.2, 0) is 0 Å². The lowest BCUT2D eigenvalue weighted by Crippen LogP contribution is -2.28. The molecular formula is C8H17N. The zero-order valence-corrected chi connectivity index (χ0v) is 6.65. The zero-order valence-electron chi connectivity index (χ0n) is 6.65. The highest BCUT2D eigenvalue weighted by Gasteiger charge is 2.09. The molecule has 0 amide bonds. The highest BCUT2D eigenvalue weighted by atomic mass is 14.6. The van der Waals surface area contributed by atoms with Crippen LogP contribution in [-0.4, -0.2) is 6.04 Å². The van der Waals surface area contributed by atoms with Crippen LogP contribution in [0.1, 0.15) is 27.2 Å². The Labute approximate surface area is 57.9 Å². The highest BCUT2D eigenvalue weighted by Crippen LogP contribution is 2.10. The molecule has 1 heteroatoms. The Morgan fingerprint density at radius 1 is 1.67 bits per heavy atom. The summed E-state index contributed by atoms with van der Waals surface area (Å²) in [7, 11) is 0. The van der Waals surface area contributed by atoms with Gasteiger partial charge in [-0.3, -0.25) is 0 Å². The van der Waals surface area contributed by atoms with E-state index in [9.17, 15) is 0 Å². The molecule has 0 heterocycles. The first kappa shape index (κ1) is 8.70. The van der Waals surface area contributed by atoms with Gasteiger partial charge in [0.05, 0.1) is 0 Å². The summed E-state index contributed by atoms with van der Waals surface area (Å²) in [5.41, 5.74) is 6.86. The summed E-state index contributed by atoms with van der Waals surface area (Å²) in [5, 5.41) is 0. The molecular weight excluding hydrogens is 110 g/mol. The quantitative estimate of drug-likeness (QED) is 0.576. The molecule has 0 aliphatic rings. The summed E-state index contributed by atoms with van der Waals surface area (Å²) in [6.07, 6.45) is 1.13. The van der Waals surface area contributed by atoms with Gasteiger partial charge in [0.1, 0.15) is 0 Å². The second kappa shape index (κ2) is 3.67. The van der Waals surface area contributed by atoms with Gasteiger partial charge in [0, 0.05) is 6.04 Å². The summed E-state index contributed by atoms with van der Waals surface area (Å²) in [6.45, 7) is 10.1. The van der Waals surface area contributed by atoms with Crippen LogP contribution in [0.25, 0.3) is 0 Å². The normalized spacial score (nSPS) is 16.9. The summed E-state index contributed by atoms with van der Waals surface area (Å²) in [6, 6.07) is 0.190. The van der Waals surface area contributed by atoms with Crippen LogP contribution in [0.3, 0.4) is 0 Å². The van der Waals surface area contributed by atoms with Crippen LogP contribution >= 0.6 is 0 Å². The molecule has 0 aromatic heterocycles. The van der Waals surface area contributed by atoms with E-state index in [1.165, 1.54) is 0 Å². The van der Waals surface area contributed by atoms with Crippen molar-refractivity contribution in [2.45, 2.75) is 33.2 Å². The fraction of sp³-hybridized carbons (Fsp3) is 0.750. The molecule has 0 aromatic carbocycles. The third kappa shape index (κ3) is 2.66. The van der Waals surface area contributed by atoms with Gasteiger partial charge < -0.3 is 5.73 Å². The van der Waals surface area contributed by atoms with Gasteiger partial charge in [0.2, 0.25) is 0 Å². The van der Waals surface area contributed by atoms with E-state index in [2.05, 4.69) is 20.4 Å². The Hall–Kier alpha value is -0.300. The first-order valence-electron chi connectivity index (χ1n) is 3.50. The number of hydrogen-bond acceptors (Lipinski definition) is 1. The van der Waals surface area contributed by atoms with Gasteiger partial charge in [-0.15, -0.1) is 0 Å². The maximum Gasteiger partial charge on any atom is 0.0274 e. The van der Waals surface area contributed by atoms with Crippen molar-refractivity contribution in [2.75, 3.05) is 0 Å². The first-order chi connectivity index (χ1) is 4.09. The third-order valence-corrected chi connectivity index (χ3v) is 1.83. The van der Waals surface area contributed by atoms with Gasteiger partial charge in [-0.2, -0.15) is 0 Å². The number of nitrogens with two attached hydrogens (primary N) is 1. The summed E-state index contributed by atoms with van der Waals surface area (Å²) >= 11 is 0. The Morgan fingerprint density at radius 3 is 2.22 bits per heavy atom. The van der Waals surface area contributed by atoms with E-state index >= 15 is 0 Å². The van der Waals surface area contributed by atoms with E-state index in [1.54, 1.807) is 0 Å². The molecule has 0 aromatic rings. The predicted octanol–water partition coefficient (Wildman–Crippen LogP) is 1.94. The van der Waals surface area contributed by atoms with Crippen LogP contribution in [0.4, 0.5) is 0 Å². The predicted molar refractivity (Wildman–Crippen MR) is 42.2 cm³/mol.